The lowest BCUT2D eigenvalue weighted by atomic mass is 9.96. The summed E-state index contributed by atoms with van der Waals surface area (Å²) in [5.41, 5.74) is 5.37. The molecule has 5 rings (SSSR count). The van der Waals surface area contributed by atoms with Gasteiger partial charge in [-0.2, -0.15) is 0 Å². The minimum atomic E-state index is -1.45. The Morgan fingerprint density at radius 1 is 0.737 bits per heavy atom. The third-order valence-corrected chi connectivity index (χ3v) is 10.0. The number of fused-ring (bicyclic) bond motifs is 3. The molecule has 0 fully saturated rings. The minimum Gasteiger partial charge on any atom is -0.465 e. The van der Waals surface area contributed by atoms with Crippen LogP contribution >= 0.6 is 11.6 Å². The van der Waals surface area contributed by atoms with Gasteiger partial charge in [0.1, 0.15) is 18.7 Å². The van der Waals surface area contributed by atoms with Crippen LogP contribution in [-0.4, -0.2) is 96.2 Å². The molecule has 4 aromatic rings. The Morgan fingerprint density at radius 3 is 1.88 bits per heavy atom. The van der Waals surface area contributed by atoms with Crippen LogP contribution in [0.3, 0.4) is 0 Å². The number of benzene rings is 4. The molecule has 2 atom stereocenters. The third kappa shape index (κ3) is 11.6. The number of nitrogens with zero attached hydrogens (tertiary/aromatic N) is 2. The molecular weight excluding hydrogens is 748 g/mol. The van der Waals surface area contributed by atoms with Gasteiger partial charge < -0.3 is 39.8 Å². The molecule has 0 heterocycles. The van der Waals surface area contributed by atoms with Crippen LogP contribution in [0.15, 0.2) is 103 Å². The molecule has 302 valence electrons. The SMILES string of the molecule is CCOC(CN(C(=O)C(Cc1ccc(Cl)cc1)NC(=O)C(CN(CC1c2ccccc2-c2ccccc21)C(=O)O)NC(=O)OCc1ccccc1)C(C)C)OCC. The van der Waals surface area contributed by atoms with E-state index in [4.69, 9.17) is 25.8 Å². The Hall–Kier alpha value is -5.43. The van der Waals surface area contributed by atoms with Crippen molar-refractivity contribution in [3.8, 4) is 11.1 Å². The number of alkyl carbamates (subject to hydrolysis) is 1. The molecule has 0 aromatic heterocycles. The molecule has 0 saturated carbocycles. The summed E-state index contributed by atoms with van der Waals surface area (Å²) >= 11 is 6.17. The monoisotopic (exact) mass is 798 g/mol. The number of amides is 4. The smallest absolute Gasteiger partial charge is 0.408 e. The highest BCUT2D eigenvalue weighted by atomic mass is 35.5. The first-order valence-electron chi connectivity index (χ1n) is 19.2. The lowest BCUT2D eigenvalue weighted by molar-refractivity contribution is -0.163. The highest BCUT2D eigenvalue weighted by Crippen LogP contribution is 2.44. The summed E-state index contributed by atoms with van der Waals surface area (Å²) in [5.74, 6) is -1.52. The summed E-state index contributed by atoms with van der Waals surface area (Å²) in [7, 11) is 0. The molecule has 13 heteroatoms. The average molecular weight is 799 g/mol. The first-order chi connectivity index (χ1) is 27.5. The number of carbonyl (C=O) groups is 4. The van der Waals surface area contributed by atoms with Crippen LogP contribution in [-0.2, 0) is 36.8 Å². The molecule has 0 bridgehead atoms. The van der Waals surface area contributed by atoms with E-state index in [1.165, 1.54) is 0 Å². The van der Waals surface area contributed by atoms with Crippen molar-refractivity contribution in [1.82, 2.24) is 20.4 Å². The van der Waals surface area contributed by atoms with Crippen molar-refractivity contribution in [2.75, 3.05) is 32.8 Å². The number of hydrogen-bond acceptors (Lipinski definition) is 7. The van der Waals surface area contributed by atoms with Crippen LogP contribution in [0.5, 0.6) is 0 Å². The second-order valence-electron chi connectivity index (χ2n) is 14.0. The first-order valence-corrected chi connectivity index (χ1v) is 19.6. The minimum absolute atomic E-state index is 0.00160. The van der Waals surface area contributed by atoms with Gasteiger partial charge in [-0.1, -0.05) is 103 Å². The number of rotatable bonds is 19. The van der Waals surface area contributed by atoms with Crippen molar-refractivity contribution < 1.29 is 38.5 Å². The van der Waals surface area contributed by atoms with Gasteiger partial charge in [-0.05, 0) is 73.2 Å². The predicted molar refractivity (Wildman–Crippen MR) is 218 cm³/mol. The summed E-state index contributed by atoms with van der Waals surface area (Å²) in [6.07, 6.45) is -2.85. The molecule has 2 unspecified atom stereocenters. The van der Waals surface area contributed by atoms with Crippen molar-refractivity contribution in [2.45, 2.75) is 71.1 Å². The van der Waals surface area contributed by atoms with Gasteiger partial charge in [0, 0.05) is 43.2 Å². The number of carboxylic acid groups (broad SMARTS) is 1. The molecule has 4 aromatic carbocycles. The van der Waals surface area contributed by atoms with E-state index < -0.39 is 48.9 Å². The van der Waals surface area contributed by atoms with Crippen LogP contribution in [0.4, 0.5) is 9.59 Å². The summed E-state index contributed by atoms with van der Waals surface area (Å²) in [5, 5.41) is 16.6. The quantitative estimate of drug-likeness (QED) is 0.0853. The van der Waals surface area contributed by atoms with Crippen LogP contribution in [0, 0.1) is 0 Å². The normalized spacial score (nSPS) is 13.0. The summed E-state index contributed by atoms with van der Waals surface area (Å²) in [6.45, 7) is 7.67. The molecule has 1 aliphatic carbocycles. The number of carbonyl (C=O) groups excluding carboxylic acids is 3. The fraction of sp³-hybridized carbons (Fsp3) is 0.364. The number of hydrogen-bond donors (Lipinski definition) is 3. The topological polar surface area (TPSA) is 147 Å². The lowest BCUT2D eigenvalue weighted by Gasteiger charge is -2.34. The largest absolute Gasteiger partial charge is 0.465 e. The van der Waals surface area contributed by atoms with Gasteiger partial charge in [-0.3, -0.25) is 9.59 Å². The predicted octanol–water partition coefficient (Wildman–Crippen LogP) is 7.09. The number of nitrogens with one attached hydrogen (secondary N) is 2. The number of ether oxygens (including phenoxy) is 3. The molecule has 0 aliphatic heterocycles. The van der Waals surface area contributed by atoms with E-state index in [9.17, 15) is 24.3 Å². The Morgan fingerprint density at radius 2 is 1.32 bits per heavy atom. The van der Waals surface area contributed by atoms with Crippen molar-refractivity contribution in [2.24, 2.45) is 0 Å². The zero-order chi connectivity index (χ0) is 40.9. The van der Waals surface area contributed by atoms with E-state index in [2.05, 4.69) is 10.6 Å². The first kappa shape index (κ1) is 42.7. The molecule has 1 aliphatic rings. The molecule has 12 nitrogen and oxygen atoms in total. The van der Waals surface area contributed by atoms with Gasteiger partial charge >= 0.3 is 12.2 Å². The fourth-order valence-corrected chi connectivity index (χ4v) is 7.13. The Bertz CT molecular complexity index is 1910. The molecule has 57 heavy (non-hydrogen) atoms. The molecule has 0 radical (unpaired) electrons. The van der Waals surface area contributed by atoms with Gasteiger partial charge in [0.25, 0.3) is 0 Å². The van der Waals surface area contributed by atoms with E-state index in [-0.39, 0.29) is 38.1 Å². The van der Waals surface area contributed by atoms with Crippen LogP contribution in [0.1, 0.15) is 55.9 Å². The summed E-state index contributed by atoms with van der Waals surface area (Å²) in [6, 6.07) is 28.7. The molecule has 0 spiro atoms. The lowest BCUT2D eigenvalue weighted by Crippen LogP contribution is -2.59. The fourth-order valence-electron chi connectivity index (χ4n) is 7.00. The molecule has 0 saturated heterocycles. The zero-order valence-corrected chi connectivity index (χ0v) is 33.5. The maximum Gasteiger partial charge on any atom is 0.408 e. The Labute approximate surface area is 339 Å². The van der Waals surface area contributed by atoms with Crippen LogP contribution in [0.25, 0.3) is 11.1 Å². The number of halogens is 1. The van der Waals surface area contributed by atoms with Gasteiger partial charge in [0.05, 0.1) is 13.1 Å². The van der Waals surface area contributed by atoms with E-state index in [0.717, 1.165) is 32.7 Å². The van der Waals surface area contributed by atoms with E-state index in [1.807, 2.05) is 82.3 Å². The van der Waals surface area contributed by atoms with Crippen LogP contribution in [0.2, 0.25) is 5.02 Å². The van der Waals surface area contributed by atoms with Crippen molar-refractivity contribution in [3.63, 3.8) is 0 Å². The van der Waals surface area contributed by atoms with Gasteiger partial charge in [0.15, 0.2) is 6.29 Å². The van der Waals surface area contributed by atoms with Crippen molar-refractivity contribution in [1.29, 1.82) is 0 Å². The summed E-state index contributed by atoms with van der Waals surface area (Å²) < 4.78 is 17.0. The van der Waals surface area contributed by atoms with Crippen molar-refractivity contribution >= 4 is 35.6 Å². The van der Waals surface area contributed by atoms with Gasteiger partial charge in [-0.15, -0.1) is 0 Å². The van der Waals surface area contributed by atoms with E-state index in [0.29, 0.717) is 23.8 Å². The summed E-state index contributed by atoms with van der Waals surface area (Å²) in [4.78, 5) is 58.0. The molecule has 4 amide bonds. The van der Waals surface area contributed by atoms with E-state index in [1.54, 1.807) is 53.4 Å². The second kappa shape index (κ2) is 20.7. The van der Waals surface area contributed by atoms with Crippen molar-refractivity contribution in [3.05, 3.63) is 130 Å². The average Bonchev–Trinajstić information content (AvgIpc) is 3.52. The van der Waals surface area contributed by atoms with Gasteiger partial charge in [-0.25, -0.2) is 9.59 Å². The Kier molecular flexibility index (Phi) is 15.5. The highest BCUT2D eigenvalue weighted by Gasteiger charge is 2.36. The zero-order valence-electron chi connectivity index (χ0n) is 32.7. The molecule has 3 N–H and O–H groups in total. The van der Waals surface area contributed by atoms with E-state index >= 15 is 0 Å². The highest BCUT2D eigenvalue weighted by molar-refractivity contribution is 6.30. The maximum absolute atomic E-state index is 14.5. The second-order valence-corrected chi connectivity index (χ2v) is 14.4. The standard InChI is InChI=1S/C44H51ClN4O8/c1-5-55-40(56-6-2)27-49(29(3)4)42(51)38(24-30-20-22-32(45)23-21-30)46-41(50)39(47-43(52)57-28-31-14-8-7-9-15-31)26-48(44(53)54)25-37-35-18-12-10-16-33(35)34-17-11-13-19-36(34)37/h7-23,29,37-40H,5-6,24-28H2,1-4H3,(H,46,50)(H,47,52)(H,53,54). The Balaban J connectivity index is 1.45. The van der Waals surface area contributed by atoms with Crippen LogP contribution < -0.4 is 10.6 Å². The maximum atomic E-state index is 14.5. The van der Waals surface area contributed by atoms with Gasteiger partial charge in [0.2, 0.25) is 11.8 Å². The third-order valence-electron chi connectivity index (χ3n) is 9.79. The molecular formula is C44H51ClN4O8.